The highest BCUT2D eigenvalue weighted by Gasteiger charge is 2.21. The van der Waals surface area contributed by atoms with Crippen LogP contribution in [0.1, 0.15) is 15.2 Å². The fourth-order valence-corrected chi connectivity index (χ4v) is 3.76. The Balaban J connectivity index is 2.24. The highest BCUT2D eigenvalue weighted by atomic mass is 32.2. The van der Waals surface area contributed by atoms with Crippen LogP contribution in [0.3, 0.4) is 0 Å². The summed E-state index contributed by atoms with van der Waals surface area (Å²) in [6, 6.07) is 6.54. The van der Waals surface area contributed by atoms with E-state index in [-0.39, 0.29) is 5.82 Å². The predicted octanol–water partition coefficient (Wildman–Crippen LogP) is 3.59. The Kier molecular flexibility index (Phi) is 5.08. The number of nitrogens with one attached hydrogen (secondary N) is 1. The number of benzene rings is 1. The number of rotatable bonds is 5. The number of hydrogen-bond donors (Lipinski definition) is 2. The number of thiophene rings is 1. The van der Waals surface area contributed by atoms with Crippen LogP contribution in [0.2, 0.25) is 0 Å². The first-order chi connectivity index (χ1) is 10.1. The number of nitrogens with two attached hydrogens (primary N) is 1. The maximum atomic E-state index is 13.6. The standard InChI is InChI=1S/C14H15FN2O2S2/c1-19-14(18)12-10(16)11(20-2)13(21-12)17-7-8-5-3-4-6-9(8)15/h3-6,17H,7,16H2,1-2H3. The van der Waals surface area contributed by atoms with E-state index in [4.69, 9.17) is 10.5 Å². The normalized spacial score (nSPS) is 10.4. The molecule has 112 valence electrons. The van der Waals surface area contributed by atoms with Crippen LogP contribution in [0.25, 0.3) is 0 Å². The SMILES string of the molecule is COC(=O)c1sc(NCc2ccccc2F)c(SC)c1N. The molecule has 1 aromatic heterocycles. The number of halogens is 1. The largest absolute Gasteiger partial charge is 0.465 e. The fraction of sp³-hybridized carbons (Fsp3) is 0.214. The summed E-state index contributed by atoms with van der Waals surface area (Å²) in [7, 11) is 1.31. The Morgan fingerprint density at radius 2 is 2.19 bits per heavy atom. The zero-order valence-corrected chi connectivity index (χ0v) is 13.2. The summed E-state index contributed by atoms with van der Waals surface area (Å²) < 4.78 is 18.3. The minimum absolute atomic E-state index is 0.270. The van der Waals surface area contributed by atoms with Crippen LogP contribution in [0.15, 0.2) is 29.2 Å². The molecule has 0 atom stereocenters. The summed E-state index contributed by atoms with van der Waals surface area (Å²) in [6.45, 7) is 0.320. The Morgan fingerprint density at radius 1 is 1.48 bits per heavy atom. The lowest BCUT2D eigenvalue weighted by molar-refractivity contribution is 0.0607. The zero-order valence-electron chi connectivity index (χ0n) is 11.6. The van der Waals surface area contributed by atoms with Crippen molar-refractivity contribution in [2.24, 2.45) is 0 Å². The molecular formula is C14H15FN2O2S2. The van der Waals surface area contributed by atoms with Crippen LogP contribution in [-0.2, 0) is 11.3 Å². The van der Waals surface area contributed by atoms with Gasteiger partial charge in [0.25, 0.3) is 0 Å². The first-order valence-electron chi connectivity index (χ1n) is 6.10. The van der Waals surface area contributed by atoms with Crippen molar-refractivity contribution in [1.29, 1.82) is 0 Å². The van der Waals surface area contributed by atoms with Gasteiger partial charge in [0.05, 0.1) is 17.7 Å². The second-order valence-electron chi connectivity index (χ2n) is 4.14. The van der Waals surface area contributed by atoms with Gasteiger partial charge in [-0.1, -0.05) is 18.2 Å². The second kappa shape index (κ2) is 6.82. The molecule has 0 fully saturated rings. The average molecular weight is 326 g/mol. The lowest BCUT2D eigenvalue weighted by atomic mass is 10.2. The maximum absolute atomic E-state index is 13.6. The van der Waals surface area contributed by atoms with E-state index in [1.54, 1.807) is 18.2 Å². The van der Waals surface area contributed by atoms with Gasteiger partial charge in [0.15, 0.2) is 0 Å². The summed E-state index contributed by atoms with van der Waals surface area (Å²) in [5.74, 6) is -0.736. The number of thioether (sulfide) groups is 1. The van der Waals surface area contributed by atoms with Crippen molar-refractivity contribution in [2.75, 3.05) is 24.4 Å². The third-order valence-electron chi connectivity index (χ3n) is 2.87. The highest BCUT2D eigenvalue weighted by molar-refractivity contribution is 7.99. The molecule has 2 rings (SSSR count). The molecule has 0 aliphatic rings. The van der Waals surface area contributed by atoms with Crippen molar-refractivity contribution in [3.05, 3.63) is 40.5 Å². The molecule has 1 heterocycles. The molecule has 0 saturated heterocycles. The van der Waals surface area contributed by atoms with E-state index in [1.807, 2.05) is 6.26 Å². The molecule has 0 radical (unpaired) electrons. The number of methoxy groups -OCH3 is 1. The molecule has 4 nitrogen and oxygen atoms in total. The van der Waals surface area contributed by atoms with Crippen molar-refractivity contribution in [3.63, 3.8) is 0 Å². The molecule has 0 aliphatic carbocycles. The fourth-order valence-electron chi connectivity index (χ4n) is 1.81. The van der Waals surface area contributed by atoms with Crippen LogP contribution in [0, 0.1) is 5.82 Å². The van der Waals surface area contributed by atoms with Crippen LogP contribution in [0.5, 0.6) is 0 Å². The number of nitrogen functional groups attached to an aromatic ring is 1. The van der Waals surface area contributed by atoms with Crippen LogP contribution < -0.4 is 11.1 Å². The molecule has 3 N–H and O–H groups in total. The lowest BCUT2D eigenvalue weighted by Crippen LogP contribution is -2.02. The lowest BCUT2D eigenvalue weighted by Gasteiger charge is -2.07. The quantitative estimate of drug-likeness (QED) is 0.649. The second-order valence-corrected chi connectivity index (χ2v) is 5.98. The summed E-state index contributed by atoms with van der Waals surface area (Å²) in [4.78, 5) is 12.8. The van der Waals surface area contributed by atoms with Crippen molar-refractivity contribution < 1.29 is 13.9 Å². The number of anilines is 2. The van der Waals surface area contributed by atoms with Gasteiger partial charge >= 0.3 is 5.97 Å². The van der Waals surface area contributed by atoms with E-state index < -0.39 is 5.97 Å². The Labute approximate surface area is 130 Å². The molecule has 0 spiro atoms. The van der Waals surface area contributed by atoms with Gasteiger partial charge in [0.1, 0.15) is 15.7 Å². The molecular weight excluding hydrogens is 311 g/mol. The molecule has 0 amide bonds. The van der Waals surface area contributed by atoms with Crippen LogP contribution in [0.4, 0.5) is 15.1 Å². The van der Waals surface area contributed by atoms with E-state index in [0.717, 1.165) is 9.90 Å². The molecule has 0 saturated carbocycles. The van der Waals surface area contributed by atoms with Crippen LogP contribution in [-0.4, -0.2) is 19.3 Å². The number of ether oxygens (including phenoxy) is 1. The molecule has 0 bridgehead atoms. The molecule has 0 unspecified atom stereocenters. The molecule has 7 heteroatoms. The monoisotopic (exact) mass is 326 g/mol. The van der Waals surface area contributed by atoms with Gasteiger partial charge in [0.2, 0.25) is 0 Å². The highest BCUT2D eigenvalue weighted by Crippen LogP contribution is 2.42. The van der Waals surface area contributed by atoms with Gasteiger partial charge in [-0.05, 0) is 12.3 Å². The van der Waals surface area contributed by atoms with E-state index in [1.165, 1.54) is 36.3 Å². The molecule has 21 heavy (non-hydrogen) atoms. The number of hydrogen-bond acceptors (Lipinski definition) is 6. The van der Waals surface area contributed by atoms with Crippen molar-refractivity contribution >= 4 is 39.8 Å². The zero-order chi connectivity index (χ0) is 15.4. The first-order valence-corrected chi connectivity index (χ1v) is 8.14. The van der Waals surface area contributed by atoms with Crippen molar-refractivity contribution in [3.8, 4) is 0 Å². The predicted molar refractivity (Wildman–Crippen MR) is 85.6 cm³/mol. The molecule has 2 aromatic rings. The van der Waals surface area contributed by atoms with E-state index >= 15 is 0 Å². The Morgan fingerprint density at radius 3 is 2.81 bits per heavy atom. The summed E-state index contributed by atoms with van der Waals surface area (Å²) >= 11 is 2.65. The summed E-state index contributed by atoms with van der Waals surface area (Å²) in [6.07, 6.45) is 1.87. The molecule has 0 aliphatic heterocycles. The minimum Gasteiger partial charge on any atom is -0.465 e. The van der Waals surface area contributed by atoms with Gasteiger partial charge < -0.3 is 15.8 Å². The molecule has 1 aromatic carbocycles. The third-order valence-corrected chi connectivity index (χ3v) is 4.98. The summed E-state index contributed by atoms with van der Waals surface area (Å²) in [5.41, 5.74) is 6.92. The number of carbonyl (C=O) groups excluding carboxylic acids is 1. The minimum atomic E-state index is -0.466. The average Bonchev–Trinajstić information content (AvgIpc) is 2.81. The third kappa shape index (κ3) is 3.30. The van der Waals surface area contributed by atoms with Crippen molar-refractivity contribution in [2.45, 2.75) is 11.4 Å². The van der Waals surface area contributed by atoms with E-state index in [0.29, 0.717) is 22.7 Å². The first kappa shape index (κ1) is 15.7. The van der Waals surface area contributed by atoms with Gasteiger partial charge in [0, 0.05) is 12.1 Å². The number of esters is 1. The van der Waals surface area contributed by atoms with E-state index in [2.05, 4.69) is 5.32 Å². The van der Waals surface area contributed by atoms with Gasteiger partial charge in [-0.2, -0.15) is 0 Å². The van der Waals surface area contributed by atoms with Gasteiger partial charge in [-0.25, -0.2) is 9.18 Å². The Bertz CT molecular complexity index is 658. The smallest absolute Gasteiger partial charge is 0.350 e. The van der Waals surface area contributed by atoms with Gasteiger partial charge in [-0.3, -0.25) is 0 Å². The van der Waals surface area contributed by atoms with Crippen molar-refractivity contribution in [1.82, 2.24) is 0 Å². The van der Waals surface area contributed by atoms with E-state index in [9.17, 15) is 9.18 Å². The topological polar surface area (TPSA) is 64.3 Å². The Hall–Kier alpha value is -1.73. The van der Waals surface area contributed by atoms with Crippen LogP contribution >= 0.6 is 23.1 Å². The summed E-state index contributed by atoms with van der Waals surface area (Å²) in [5, 5.41) is 3.87. The van der Waals surface area contributed by atoms with Gasteiger partial charge in [-0.15, -0.1) is 23.1 Å². The number of carbonyl (C=O) groups is 1. The maximum Gasteiger partial charge on any atom is 0.350 e.